The maximum absolute atomic E-state index is 12.9. The van der Waals surface area contributed by atoms with E-state index in [9.17, 15) is 9.59 Å². The number of carbonyl (C=O) groups excluding carboxylic acids is 2. The zero-order chi connectivity index (χ0) is 16.6. The summed E-state index contributed by atoms with van der Waals surface area (Å²) in [6.07, 6.45) is 1.98. The van der Waals surface area contributed by atoms with E-state index in [1.54, 1.807) is 37.1 Å². The standard InChI is InChI=1S/C17H22N2O4/c1-11-16(20)18-8-4-5-13(18)10-19(11)17(21)12-6-7-14(22-2)15(9-12)23-3/h6-7,9,11,13H,4-5,8,10H2,1-3H3/t11-,13-/m0/s1. The number of hydrogen-bond acceptors (Lipinski definition) is 4. The minimum atomic E-state index is -0.426. The number of hydrogen-bond donors (Lipinski definition) is 0. The second kappa shape index (κ2) is 6.10. The largest absolute Gasteiger partial charge is 0.493 e. The van der Waals surface area contributed by atoms with Crippen molar-refractivity contribution >= 4 is 11.8 Å². The number of amides is 2. The molecule has 2 amide bonds. The van der Waals surface area contributed by atoms with Gasteiger partial charge < -0.3 is 19.3 Å². The highest BCUT2D eigenvalue weighted by molar-refractivity contribution is 5.98. The van der Waals surface area contributed by atoms with Gasteiger partial charge in [0, 0.05) is 24.7 Å². The molecule has 0 unspecified atom stereocenters. The van der Waals surface area contributed by atoms with Crippen molar-refractivity contribution < 1.29 is 19.1 Å². The van der Waals surface area contributed by atoms with Crippen molar-refractivity contribution in [3.05, 3.63) is 23.8 Å². The smallest absolute Gasteiger partial charge is 0.254 e. The van der Waals surface area contributed by atoms with Crippen LogP contribution in [0.2, 0.25) is 0 Å². The fourth-order valence-corrected chi connectivity index (χ4v) is 3.47. The van der Waals surface area contributed by atoms with Gasteiger partial charge in [0.05, 0.1) is 14.2 Å². The summed E-state index contributed by atoms with van der Waals surface area (Å²) in [4.78, 5) is 28.9. The molecule has 0 aromatic heterocycles. The third-order valence-electron chi connectivity index (χ3n) is 4.78. The lowest BCUT2D eigenvalue weighted by Gasteiger charge is -2.41. The molecule has 0 spiro atoms. The third kappa shape index (κ3) is 2.62. The molecule has 1 aromatic carbocycles. The minimum absolute atomic E-state index is 0.0487. The van der Waals surface area contributed by atoms with Gasteiger partial charge in [0.15, 0.2) is 11.5 Å². The van der Waals surface area contributed by atoms with E-state index in [1.807, 2.05) is 4.90 Å². The zero-order valence-electron chi connectivity index (χ0n) is 13.7. The second-order valence-electron chi connectivity index (χ2n) is 6.03. The van der Waals surface area contributed by atoms with Crippen molar-refractivity contribution in [2.45, 2.75) is 31.8 Å². The maximum atomic E-state index is 12.9. The Bertz CT molecular complexity index is 631. The molecule has 2 heterocycles. The van der Waals surface area contributed by atoms with Crippen LogP contribution in [-0.2, 0) is 4.79 Å². The van der Waals surface area contributed by atoms with E-state index >= 15 is 0 Å². The van der Waals surface area contributed by atoms with E-state index in [1.165, 1.54) is 7.11 Å². The minimum Gasteiger partial charge on any atom is -0.493 e. The highest BCUT2D eigenvalue weighted by Gasteiger charge is 2.42. The molecule has 2 aliphatic rings. The second-order valence-corrected chi connectivity index (χ2v) is 6.03. The predicted molar refractivity (Wildman–Crippen MR) is 84.8 cm³/mol. The molecular weight excluding hydrogens is 296 g/mol. The molecule has 0 aliphatic carbocycles. The van der Waals surface area contributed by atoms with Crippen molar-refractivity contribution in [3.63, 3.8) is 0 Å². The van der Waals surface area contributed by atoms with Crippen molar-refractivity contribution in [1.82, 2.24) is 9.80 Å². The number of nitrogens with zero attached hydrogens (tertiary/aromatic N) is 2. The average Bonchev–Trinajstić information content (AvgIpc) is 3.05. The predicted octanol–water partition coefficient (Wildman–Crippen LogP) is 1.54. The molecular formula is C17H22N2O4. The summed E-state index contributed by atoms with van der Waals surface area (Å²) in [6, 6.07) is 4.82. The molecule has 124 valence electrons. The number of rotatable bonds is 3. The van der Waals surface area contributed by atoms with Gasteiger partial charge in [0.2, 0.25) is 5.91 Å². The number of methoxy groups -OCH3 is 2. The van der Waals surface area contributed by atoms with Gasteiger partial charge in [0.1, 0.15) is 6.04 Å². The zero-order valence-corrected chi connectivity index (χ0v) is 13.7. The summed E-state index contributed by atoms with van der Waals surface area (Å²) in [5.74, 6) is 0.997. The first-order valence-corrected chi connectivity index (χ1v) is 7.90. The maximum Gasteiger partial charge on any atom is 0.254 e. The lowest BCUT2D eigenvalue weighted by Crippen LogP contribution is -2.60. The Morgan fingerprint density at radius 2 is 1.96 bits per heavy atom. The third-order valence-corrected chi connectivity index (χ3v) is 4.78. The lowest BCUT2D eigenvalue weighted by molar-refractivity contribution is -0.141. The number of fused-ring (bicyclic) bond motifs is 1. The van der Waals surface area contributed by atoms with Crippen LogP contribution in [0.5, 0.6) is 11.5 Å². The van der Waals surface area contributed by atoms with Crippen LogP contribution in [0.4, 0.5) is 0 Å². The first-order valence-electron chi connectivity index (χ1n) is 7.90. The highest BCUT2D eigenvalue weighted by atomic mass is 16.5. The molecule has 1 aromatic rings. The number of ether oxygens (including phenoxy) is 2. The van der Waals surface area contributed by atoms with Gasteiger partial charge in [-0.25, -0.2) is 0 Å². The van der Waals surface area contributed by atoms with Crippen LogP contribution in [0.15, 0.2) is 18.2 Å². The van der Waals surface area contributed by atoms with Crippen LogP contribution in [0.3, 0.4) is 0 Å². The summed E-state index contributed by atoms with van der Waals surface area (Å²) in [6.45, 7) is 3.21. The number of benzene rings is 1. The average molecular weight is 318 g/mol. The normalized spacial score (nSPS) is 23.7. The van der Waals surface area contributed by atoms with Gasteiger partial charge in [-0.1, -0.05) is 0 Å². The first kappa shape index (κ1) is 15.6. The molecule has 2 aliphatic heterocycles. The van der Waals surface area contributed by atoms with E-state index in [4.69, 9.17) is 9.47 Å². The Hall–Kier alpha value is -2.24. The lowest BCUT2D eigenvalue weighted by atomic mass is 10.0. The molecule has 0 bridgehead atoms. The molecule has 2 atom stereocenters. The van der Waals surface area contributed by atoms with E-state index in [0.29, 0.717) is 23.6 Å². The topological polar surface area (TPSA) is 59.1 Å². The van der Waals surface area contributed by atoms with Crippen LogP contribution in [0, 0.1) is 0 Å². The van der Waals surface area contributed by atoms with Crippen molar-refractivity contribution in [3.8, 4) is 11.5 Å². The molecule has 23 heavy (non-hydrogen) atoms. The van der Waals surface area contributed by atoms with Gasteiger partial charge in [-0.05, 0) is 38.0 Å². The van der Waals surface area contributed by atoms with Gasteiger partial charge in [-0.15, -0.1) is 0 Å². The summed E-state index contributed by atoms with van der Waals surface area (Å²) < 4.78 is 10.5. The van der Waals surface area contributed by atoms with Gasteiger partial charge in [-0.2, -0.15) is 0 Å². The van der Waals surface area contributed by atoms with Crippen molar-refractivity contribution in [1.29, 1.82) is 0 Å². The summed E-state index contributed by atoms with van der Waals surface area (Å²) in [7, 11) is 3.09. The Morgan fingerprint density at radius 1 is 1.22 bits per heavy atom. The number of carbonyl (C=O) groups is 2. The first-order chi connectivity index (χ1) is 11.1. The highest BCUT2D eigenvalue weighted by Crippen LogP contribution is 2.30. The summed E-state index contributed by atoms with van der Waals surface area (Å²) >= 11 is 0. The quantitative estimate of drug-likeness (QED) is 0.848. The van der Waals surface area contributed by atoms with Crippen LogP contribution >= 0.6 is 0 Å². The van der Waals surface area contributed by atoms with Gasteiger partial charge in [0.25, 0.3) is 5.91 Å². The molecule has 6 heteroatoms. The van der Waals surface area contributed by atoms with Crippen LogP contribution < -0.4 is 9.47 Å². The fraction of sp³-hybridized carbons (Fsp3) is 0.529. The van der Waals surface area contributed by atoms with Crippen molar-refractivity contribution in [2.24, 2.45) is 0 Å². The molecule has 6 nitrogen and oxygen atoms in total. The SMILES string of the molecule is COc1ccc(C(=O)N2C[C@@H]3CCCN3C(=O)[C@@H]2C)cc1OC. The fourth-order valence-electron chi connectivity index (χ4n) is 3.47. The molecule has 2 fully saturated rings. The number of piperazine rings is 1. The summed E-state index contributed by atoms with van der Waals surface area (Å²) in [5, 5.41) is 0. The van der Waals surface area contributed by atoms with E-state index in [-0.39, 0.29) is 17.9 Å². The van der Waals surface area contributed by atoms with Gasteiger partial charge in [-0.3, -0.25) is 9.59 Å². The van der Waals surface area contributed by atoms with Crippen LogP contribution in [0.25, 0.3) is 0 Å². The van der Waals surface area contributed by atoms with E-state index < -0.39 is 6.04 Å². The van der Waals surface area contributed by atoms with Gasteiger partial charge >= 0.3 is 0 Å². The monoisotopic (exact) mass is 318 g/mol. The Morgan fingerprint density at radius 3 is 2.65 bits per heavy atom. The van der Waals surface area contributed by atoms with Crippen molar-refractivity contribution in [2.75, 3.05) is 27.3 Å². The Kier molecular flexibility index (Phi) is 4.15. The summed E-state index contributed by atoms with van der Waals surface area (Å²) in [5.41, 5.74) is 0.508. The van der Waals surface area contributed by atoms with Crippen LogP contribution in [0.1, 0.15) is 30.1 Å². The van der Waals surface area contributed by atoms with Crippen LogP contribution in [-0.4, -0.2) is 61.0 Å². The van der Waals surface area contributed by atoms with E-state index in [0.717, 1.165) is 19.4 Å². The molecule has 0 radical (unpaired) electrons. The van der Waals surface area contributed by atoms with E-state index in [2.05, 4.69) is 0 Å². The molecule has 2 saturated heterocycles. The molecule has 0 N–H and O–H groups in total. The Balaban J connectivity index is 1.86. The Labute approximate surface area is 136 Å². The molecule has 0 saturated carbocycles. The molecule has 3 rings (SSSR count).